The number of fused-ring (bicyclic) bond motifs is 1. The molecule has 0 N–H and O–H groups in total. The number of rotatable bonds is 8. The number of aromatic nitrogens is 2. The molecule has 1 amide bonds. The molecule has 0 saturated carbocycles. The second kappa shape index (κ2) is 10.2. The Labute approximate surface area is 192 Å². The Hall–Kier alpha value is -2.16. The van der Waals surface area contributed by atoms with Crippen molar-refractivity contribution in [3.05, 3.63) is 47.8 Å². The molecule has 0 bridgehead atoms. The Morgan fingerprint density at radius 1 is 1.28 bits per heavy atom. The minimum Gasteiger partial charge on any atom is -0.444 e. The predicted octanol–water partition coefficient (Wildman–Crippen LogP) is 5.04. The summed E-state index contributed by atoms with van der Waals surface area (Å²) in [6, 6.07) is 9.12. The van der Waals surface area contributed by atoms with Crippen molar-refractivity contribution in [2.45, 2.75) is 64.6 Å². The zero-order chi connectivity index (χ0) is 23.4. The van der Waals surface area contributed by atoms with Gasteiger partial charge in [-0.15, -0.1) is 0 Å². The highest BCUT2D eigenvalue weighted by Gasteiger charge is 2.30. The first-order valence-electron chi connectivity index (χ1n) is 11.3. The van der Waals surface area contributed by atoms with Crippen LogP contribution in [0, 0.1) is 0 Å². The summed E-state index contributed by atoms with van der Waals surface area (Å²) in [7, 11) is -1.21. The molecule has 0 spiro atoms. The molecular formula is C24H37N3O4Si. The molecule has 1 atom stereocenters. The van der Waals surface area contributed by atoms with Crippen molar-refractivity contribution in [2.75, 3.05) is 26.5 Å². The molecule has 2 heterocycles. The lowest BCUT2D eigenvalue weighted by molar-refractivity contribution is -0.0406. The van der Waals surface area contributed by atoms with E-state index in [1.54, 1.807) is 11.1 Å². The van der Waals surface area contributed by atoms with Gasteiger partial charge in [-0.1, -0.05) is 31.8 Å². The molecule has 176 valence electrons. The van der Waals surface area contributed by atoms with E-state index in [2.05, 4.69) is 36.9 Å². The van der Waals surface area contributed by atoms with Crippen molar-refractivity contribution in [2.24, 2.45) is 0 Å². The van der Waals surface area contributed by atoms with Crippen LogP contribution in [0.1, 0.15) is 38.0 Å². The van der Waals surface area contributed by atoms with Crippen molar-refractivity contribution in [3.63, 3.8) is 0 Å². The van der Waals surface area contributed by atoms with Crippen LogP contribution in [0.3, 0.4) is 0 Å². The Morgan fingerprint density at radius 2 is 2.06 bits per heavy atom. The van der Waals surface area contributed by atoms with Gasteiger partial charge in [-0.3, -0.25) is 4.90 Å². The largest absolute Gasteiger partial charge is 0.444 e. The number of ether oxygens (including phenoxy) is 3. The van der Waals surface area contributed by atoms with Crippen LogP contribution in [0.2, 0.25) is 25.7 Å². The highest BCUT2D eigenvalue weighted by Crippen LogP contribution is 2.32. The van der Waals surface area contributed by atoms with Gasteiger partial charge >= 0.3 is 6.09 Å². The van der Waals surface area contributed by atoms with Crippen LogP contribution in [0.4, 0.5) is 4.79 Å². The minimum atomic E-state index is -1.21. The highest BCUT2D eigenvalue weighted by atomic mass is 28.3. The summed E-state index contributed by atoms with van der Waals surface area (Å²) in [5, 5.41) is 4.39. The zero-order valence-electron chi connectivity index (χ0n) is 20.3. The number of nitrogens with zero attached hydrogens (tertiary/aromatic N) is 3. The average molecular weight is 460 g/mol. The van der Waals surface area contributed by atoms with E-state index in [1.807, 2.05) is 43.8 Å². The van der Waals surface area contributed by atoms with E-state index in [4.69, 9.17) is 14.2 Å². The van der Waals surface area contributed by atoms with E-state index in [-0.39, 0.29) is 18.9 Å². The van der Waals surface area contributed by atoms with Gasteiger partial charge in [0.2, 0.25) is 0 Å². The molecule has 8 heteroatoms. The van der Waals surface area contributed by atoms with Gasteiger partial charge in [-0.2, -0.15) is 5.10 Å². The van der Waals surface area contributed by atoms with Gasteiger partial charge in [-0.05, 0) is 56.5 Å². The molecule has 0 aliphatic carbocycles. The molecule has 32 heavy (non-hydrogen) atoms. The molecule has 0 radical (unpaired) electrons. The van der Waals surface area contributed by atoms with Crippen LogP contribution < -0.4 is 0 Å². The predicted molar refractivity (Wildman–Crippen MR) is 128 cm³/mol. The monoisotopic (exact) mass is 459 g/mol. The lowest BCUT2D eigenvalue weighted by atomic mass is 9.95. The van der Waals surface area contributed by atoms with E-state index in [1.165, 1.54) is 5.56 Å². The van der Waals surface area contributed by atoms with E-state index in [0.29, 0.717) is 19.8 Å². The quantitative estimate of drug-likeness (QED) is 0.314. The van der Waals surface area contributed by atoms with Gasteiger partial charge < -0.3 is 14.2 Å². The molecule has 2 aromatic rings. The molecule has 3 rings (SSSR count). The Kier molecular flexibility index (Phi) is 7.79. The number of carbonyl (C=O) groups excluding carboxylic acids is 1. The summed E-state index contributed by atoms with van der Waals surface area (Å²) in [6.07, 6.45) is 3.89. The maximum Gasteiger partial charge on any atom is 0.412 e. The fraction of sp³-hybridized carbons (Fsp3) is 0.583. The summed E-state index contributed by atoms with van der Waals surface area (Å²) >= 11 is 0. The van der Waals surface area contributed by atoms with Crippen molar-refractivity contribution in [3.8, 4) is 5.69 Å². The van der Waals surface area contributed by atoms with Gasteiger partial charge in [0.15, 0.2) is 0 Å². The molecular weight excluding hydrogens is 422 g/mol. The molecule has 1 aliphatic heterocycles. The standard InChI is InChI=1S/C24H37N3O4Si/c1-24(2,3)31-23(28)26(18-29-15-16-32(4,5)6)17-22-20-9-7-10-21(19(20)11-14-30-22)27-13-8-12-25-27/h7-10,12-13,22H,11,14-18H2,1-6H3/t22-/m1/s1. The molecule has 0 unspecified atom stereocenters. The maximum atomic E-state index is 13.0. The average Bonchev–Trinajstić information content (AvgIpc) is 3.22. The van der Waals surface area contributed by atoms with Crippen molar-refractivity contribution in [1.82, 2.24) is 14.7 Å². The van der Waals surface area contributed by atoms with Gasteiger partial charge in [0.25, 0.3) is 0 Å². The third kappa shape index (κ3) is 6.92. The van der Waals surface area contributed by atoms with Crippen LogP contribution in [0.15, 0.2) is 36.7 Å². The van der Waals surface area contributed by atoms with Crippen LogP contribution in [0.25, 0.3) is 5.69 Å². The van der Waals surface area contributed by atoms with Crippen LogP contribution in [-0.4, -0.2) is 60.9 Å². The molecule has 7 nitrogen and oxygen atoms in total. The van der Waals surface area contributed by atoms with Gasteiger partial charge in [0, 0.05) is 27.1 Å². The molecule has 1 aromatic carbocycles. The van der Waals surface area contributed by atoms with Crippen molar-refractivity contribution >= 4 is 14.2 Å². The highest BCUT2D eigenvalue weighted by molar-refractivity contribution is 6.76. The van der Waals surface area contributed by atoms with E-state index >= 15 is 0 Å². The number of carbonyl (C=O) groups is 1. The SMILES string of the molecule is CC(C)(C)OC(=O)N(COCC[Si](C)(C)C)C[C@H]1OCCc2c1cccc2-n1cccn1. The Morgan fingerprint density at radius 3 is 2.72 bits per heavy atom. The Balaban J connectivity index is 1.77. The van der Waals surface area contributed by atoms with E-state index in [0.717, 1.165) is 23.7 Å². The smallest absolute Gasteiger partial charge is 0.412 e. The topological polar surface area (TPSA) is 65.8 Å². The summed E-state index contributed by atoms with van der Waals surface area (Å²) in [6.45, 7) is 14.3. The maximum absolute atomic E-state index is 13.0. The first-order chi connectivity index (χ1) is 15.0. The third-order valence-corrected chi connectivity index (χ3v) is 6.94. The van der Waals surface area contributed by atoms with Crippen LogP contribution in [0.5, 0.6) is 0 Å². The lowest BCUT2D eigenvalue weighted by Crippen LogP contribution is -2.42. The van der Waals surface area contributed by atoms with Crippen molar-refractivity contribution in [1.29, 1.82) is 0 Å². The number of amides is 1. The second-order valence-electron chi connectivity index (χ2n) is 10.5. The van der Waals surface area contributed by atoms with Crippen LogP contribution in [-0.2, 0) is 20.6 Å². The third-order valence-electron chi connectivity index (χ3n) is 5.24. The zero-order valence-corrected chi connectivity index (χ0v) is 21.3. The van der Waals surface area contributed by atoms with E-state index in [9.17, 15) is 4.79 Å². The minimum absolute atomic E-state index is 0.188. The van der Waals surface area contributed by atoms with Gasteiger partial charge in [0.05, 0.1) is 18.8 Å². The summed E-state index contributed by atoms with van der Waals surface area (Å²) < 4.78 is 19.6. The second-order valence-corrected chi connectivity index (χ2v) is 16.1. The number of hydrogen-bond acceptors (Lipinski definition) is 5. The Bertz CT molecular complexity index is 888. The first-order valence-corrected chi connectivity index (χ1v) is 15.0. The molecule has 1 aliphatic rings. The first kappa shape index (κ1) is 24.5. The fourth-order valence-corrected chi connectivity index (χ4v) is 4.35. The number of hydrogen-bond donors (Lipinski definition) is 0. The summed E-state index contributed by atoms with van der Waals surface area (Å²) in [4.78, 5) is 14.6. The van der Waals surface area contributed by atoms with Crippen molar-refractivity contribution < 1.29 is 19.0 Å². The van der Waals surface area contributed by atoms with Gasteiger partial charge in [-0.25, -0.2) is 9.48 Å². The molecule has 0 fully saturated rings. The lowest BCUT2D eigenvalue weighted by Gasteiger charge is -2.33. The van der Waals surface area contributed by atoms with Gasteiger partial charge in [0.1, 0.15) is 18.4 Å². The van der Waals surface area contributed by atoms with Crippen LogP contribution >= 0.6 is 0 Å². The summed E-state index contributed by atoms with van der Waals surface area (Å²) in [5.41, 5.74) is 2.76. The fourth-order valence-electron chi connectivity index (χ4n) is 3.60. The number of benzene rings is 1. The van der Waals surface area contributed by atoms with E-state index < -0.39 is 13.7 Å². The summed E-state index contributed by atoms with van der Waals surface area (Å²) in [5.74, 6) is 0. The normalized spacial score (nSPS) is 16.5. The molecule has 0 saturated heterocycles. The molecule has 1 aromatic heterocycles.